The fourth-order valence-electron chi connectivity index (χ4n) is 1.49. The van der Waals surface area contributed by atoms with E-state index >= 15 is 0 Å². The zero-order valence-corrected chi connectivity index (χ0v) is 9.76. The molecule has 0 aliphatic carbocycles. The summed E-state index contributed by atoms with van der Waals surface area (Å²) < 4.78 is 19.1. The van der Waals surface area contributed by atoms with Crippen LogP contribution in [-0.4, -0.2) is 24.7 Å². The van der Waals surface area contributed by atoms with Crippen molar-refractivity contribution in [3.63, 3.8) is 0 Å². The third-order valence-corrected chi connectivity index (χ3v) is 3.45. The Hall–Kier alpha value is -1.04. The fourth-order valence-corrected chi connectivity index (χ4v) is 2.51. The molecule has 2 aromatic rings. The Kier molecular flexibility index (Phi) is 3.48. The van der Waals surface area contributed by atoms with Gasteiger partial charge in [-0.3, -0.25) is 0 Å². The van der Waals surface area contributed by atoms with E-state index in [-0.39, 0.29) is 11.9 Å². The van der Waals surface area contributed by atoms with Crippen molar-refractivity contribution in [2.75, 3.05) is 13.7 Å². The summed E-state index contributed by atoms with van der Waals surface area (Å²) in [6, 6.07) is 4.64. The number of halogens is 1. The quantitative estimate of drug-likeness (QED) is 0.888. The second-order valence-corrected chi connectivity index (χ2v) is 4.63. The molecule has 86 valence electrons. The van der Waals surface area contributed by atoms with Crippen molar-refractivity contribution in [2.24, 2.45) is 5.73 Å². The van der Waals surface area contributed by atoms with E-state index in [0.717, 1.165) is 9.71 Å². The predicted octanol–water partition coefficient (Wildman–Crippen LogP) is 1.95. The lowest BCUT2D eigenvalue weighted by molar-refractivity contribution is 0.110. The number of nitrogens with zero attached hydrogens (tertiary/aromatic N) is 1. The van der Waals surface area contributed by atoms with Crippen LogP contribution in [0.15, 0.2) is 18.2 Å². The highest BCUT2D eigenvalue weighted by atomic mass is 32.1. The van der Waals surface area contributed by atoms with E-state index in [1.54, 1.807) is 24.5 Å². The molecule has 5 heteroatoms. The van der Waals surface area contributed by atoms with Gasteiger partial charge in [-0.05, 0) is 12.1 Å². The van der Waals surface area contributed by atoms with Gasteiger partial charge in [0, 0.05) is 26.1 Å². The lowest BCUT2D eigenvalue weighted by Crippen LogP contribution is -2.24. The molecule has 1 heterocycles. The van der Waals surface area contributed by atoms with Crippen LogP contribution in [0.1, 0.15) is 5.01 Å². The normalized spacial score (nSPS) is 13.2. The monoisotopic (exact) mass is 240 g/mol. The summed E-state index contributed by atoms with van der Waals surface area (Å²) in [6.45, 7) is 0.459. The van der Waals surface area contributed by atoms with Gasteiger partial charge < -0.3 is 10.5 Å². The van der Waals surface area contributed by atoms with Crippen molar-refractivity contribution in [3.05, 3.63) is 29.0 Å². The second kappa shape index (κ2) is 4.86. The minimum absolute atomic E-state index is 0.0228. The first-order valence-corrected chi connectivity index (χ1v) is 5.82. The summed E-state index contributed by atoms with van der Waals surface area (Å²) in [5, 5.41) is 0.929. The van der Waals surface area contributed by atoms with E-state index in [0.29, 0.717) is 18.5 Å². The average Bonchev–Trinajstić information content (AvgIpc) is 2.67. The van der Waals surface area contributed by atoms with Crippen LogP contribution in [0, 0.1) is 5.82 Å². The standard InChI is InChI=1S/C11H13FN2OS/c1-15-8(6-13)5-11-14-9-4-7(12)2-3-10(9)16-11/h2-4,8H,5-6,13H2,1H3. The molecule has 1 aromatic carbocycles. The number of benzene rings is 1. The van der Waals surface area contributed by atoms with Crippen LogP contribution >= 0.6 is 11.3 Å². The first-order chi connectivity index (χ1) is 7.72. The van der Waals surface area contributed by atoms with E-state index in [9.17, 15) is 4.39 Å². The van der Waals surface area contributed by atoms with Gasteiger partial charge in [-0.2, -0.15) is 0 Å². The Labute approximate surface area is 97.1 Å². The number of nitrogens with two attached hydrogens (primary N) is 1. The zero-order valence-electron chi connectivity index (χ0n) is 8.94. The molecule has 16 heavy (non-hydrogen) atoms. The highest BCUT2D eigenvalue weighted by molar-refractivity contribution is 7.18. The summed E-state index contributed by atoms with van der Waals surface area (Å²) in [6.07, 6.45) is 0.652. The maximum Gasteiger partial charge on any atom is 0.125 e. The maximum absolute atomic E-state index is 13.0. The number of thiazole rings is 1. The molecule has 2 rings (SSSR count). The van der Waals surface area contributed by atoms with Gasteiger partial charge in [-0.1, -0.05) is 0 Å². The van der Waals surface area contributed by atoms with Crippen LogP contribution in [-0.2, 0) is 11.2 Å². The largest absolute Gasteiger partial charge is 0.380 e. The van der Waals surface area contributed by atoms with E-state index in [2.05, 4.69) is 4.98 Å². The Morgan fingerprint density at radius 3 is 3.06 bits per heavy atom. The number of hydrogen-bond donors (Lipinski definition) is 1. The molecule has 0 radical (unpaired) electrons. The number of fused-ring (bicyclic) bond motifs is 1. The lowest BCUT2D eigenvalue weighted by Gasteiger charge is -2.09. The van der Waals surface area contributed by atoms with E-state index < -0.39 is 0 Å². The number of rotatable bonds is 4. The maximum atomic E-state index is 13.0. The minimum Gasteiger partial charge on any atom is -0.380 e. The third-order valence-electron chi connectivity index (χ3n) is 2.39. The van der Waals surface area contributed by atoms with Gasteiger partial charge >= 0.3 is 0 Å². The minimum atomic E-state index is -0.258. The van der Waals surface area contributed by atoms with Gasteiger partial charge in [-0.25, -0.2) is 9.37 Å². The first-order valence-electron chi connectivity index (χ1n) is 5.00. The molecule has 1 aromatic heterocycles. The molecule has 0 saturated heterocycles. The molecule has 0 bridgehead atoms. The van der Waals surface area contributed by atoms with Crippen LogP contribution in [0.2, 0.25) is 0 Å². The molecule has 0 spiro atoms. The van der Waals surface area contributed by atoms with Gasteiger partial charge in [0.15, 0.2) is 0 Å². The Morgan fingerprint density at radius 2 is 2.38 bits per heavy atom. The van der Waals surface area contributed by atoms with Gasteiger partial charge in [0.25, 0.3) is 0 Å². The summed E-state index contributed by atoms with van der Waals surface area (Å²) in [5.41, 5.74) is 6.24. The molecule has 0 aliphatic heterocycles. The summed E-state index contributed by atoms with van der Waals surface area (Å²) in [7, 11) is 1.63. The number of aromatic nitrogens is 1. The van der Waals surface area contributed by atoms with Crippen molar-refractivity contribution in [3.8, 4) is 0 Å². The number of methoxy groups -OCH3 is 1. The summed E-state index contributed by atoms with van der Waals surface area (Å²) in [4.78, 5) is 4.35. The molecule has 3 nitrogen and oxygen atoms in total. The molecule has 0 aliphatic rings. The van der Waals surface area contributed by atoms with Gasteiger partial charge in [0.2, 0.25) is 0 Å². The fraction of sp³-hybridized carbons (Fsp3) is 0.364. The number of hydrogen-bond acceptors (Lipinski definition) is 4. The van der Waals surface area contributed by atoms with Crippen molar-refractivity contribution in [1.82, 2.24) is 4.98 Å². The molecule has 0 amide bonds. The average molecular weight is 240 g/mol. The molecule has 2 N–H and O–H groups in total. The first kappa shape index (κ1) is 11.4. The van der Waals surface area contributed by atoms with Crippen molar-refractivity contribution >= 4 is 21.6 Å². The zero-order chi connectivity index (χ0) is 11.5. The highest BCUT2D eigenvalue weighted by Crippen LogP contribution is 2.23. The predicted molar refractivity (Wildman–Crippen MR) is 63.1 cm³/mol. The van der Waals surface area contributed by atoms with E-state index in [1.807, 2.05) is 0 Å². The lowest BCUT2D eigenvalue weighted by atomic mass is 10.2. The smallest absolute Gasteiger partial charge is 0.125 e. The van der Waals surface area contributed by atoms with Gasteiger partial charge in [0.05, 0.1) is 21.3 Å². The Bertz CT molecular complexity index is 482. The molecular weight excluding hydrogens is 227 g/mol. The van der Waals surface area contributed by atoms with Gasteiger partial charge in [0.1, 0.15) is 5.82 Å². The van der Waals surface area contributed by atoms with Crippen LogP contribution in [0.5, 0.6) is 0 Å². The number of ether oxygens (including phenoxy) is 1. The van der Waals surface area contributed by atoms with Crippen molar-refractivity contribution < 1.29 is 9.13 Å². The summed E-state index contributed by atoms with van der Waals surface area (Å²) in [5.74, 6) is -0.258. The van der Waals surface area contributed by atoms with Crippen molar-refractivity contribution in [2.45, 2.75) is 12.5 Å². The van der Waals surface area contributed by atoms with Gasteiger partial charge in [-0.15, -0.1) is 11.3 Å². The SMILES string of the molecule is COC(CN)Cc1nc2cc(F)ccc2s1. The Balaban J connectivity index is 2.25. The topological polar surface area (TPSA) is 48.1 Å². The van der Waals surface area contributed by atoms with Crippen LogP contribution in [0.3, 0.4) is 0 Å². The van der Waals surface area contributed by atoms with Crippen molar-refractivity contribution in [1.29, 1.82) is 0 Å². The highest BCUT2D eigenvalue weighted by Gasteiger charge is 2.10. The molecule has 0 fully saturated rings. The molecule has 1 unspecified atom stereocenters. The van der Waals surface area contributed by atoms with Crippen LogP contribution in [0.4, 0.5) is 4.39 Å². The molecular formula is C11H13FN2OS. The summed E-state index contributed by atoms with van der Waals surface area (Å²) >= 11 is 1.55. The van der Waals surface area contributed by atoms with Crippen LogP contribution < -0.4 is 5.73 Å². The second-order valence-electron chi connectivity index (χ2n) is 3.52. The third kappa shape index (κ3) is 2.37. The van der Waals surface area contributed by atoms with E-state index in [1.165, 1.54) is 12.1 Å². The van der Waals surface area contributed by atoms with E-state index in [4.69, 9.17) is 10.5 Å². The Morgan fingerprint density at radius 1 is 1.56 bits per heavy atom. The molecule has 0 saturated carbocycles. The van der Waals surface area contributed by atoms with Crippen LogP contribution in [0.25, 0.3) is 10.2 Å². The molecule has 1 atom stereocenters.